The van der Waals surface area contributed by atoms with E-state index in [4.69, 9.17) is 8.92 Å². The molecule has 0 amide bonds. The molecule has 0 radical (unpaired) electrons. The molecule has 5 fully saturated rings. The first-order valence-corrected chi connectivity index (χ1v) is 18.7. The van der Waals surface area contributed by atoms with Gasteiger partial charge >= 0.3 is 0 Å². The predicted octanol–water partition coefficient (Wildman–Crippen LogP) is 8.66. The Hall–Kier alpha value is -1.11. The third-order valence-electron chi connectivity index (χ3n) is 15.6. The highest BCUT2D eigenvalue weighted by atomic mass is 32.3. The number of aryl methyl sites for hydroxylation is 1. The topological polar surface area (TPSA) is 75.7 Å². The lowest BCUT2D eigenvalue weighted by atomic mass is 9.36. The third-order valence-corrected chi connectivity index (χ3v) is 15.9. The van der Waals surface area contributed by atoms with Crippen LogP contribution in [0.5, 0.6) is 5.75 Å². The van der Waals surface area contributed by atoms with Gasteiger partial charge in [-0.2, -0.15) is 0 Å². The standard InChI is InChI=1S/C37H56O5S/c1-23-10-11-25(42-43(38,39)40)24-22-29-34(5)18-13-28-33(4,27(34)14-20-36(29,7)31(23)24)21-15-30-35(28,6)19-12-26-32(2,3)16-9-17-37(26,8)41-30/h10-11,26-30H,9,12-22H2,1-8H3,(H,38,39,40)/p-1/t26-,27+,28+,29-,30-,33+,34+,35-,36-,37-/m0/s1. The summed E-state index contributed by atoms with van der Waals surface area (Å²) < 4.78 is 47.6. The fraction of sp³-hybridized carbons (Fsp3) is 0.838. The Morgan fingerprint density at radius 1 is 0.767 bits per heavy atom. The molecule has 1 aromatic carbocycles. The molecule has 4 saturated carbocycles. The van der Waals surface area contributed by atoms with Crippen LogP contribution in [0.2, 0.25) is 0 Å². The zero-order valence-corrected chi connectivity index (χ0v) is 28.8. The van der Waals surface area contributed by atoms with E-state index in [1.165, 1.54) is 75.3 Å². The summed E-state index contributed by atoms with van der Waals surface area (Å²) in [4.78, 5) is 0. The van der Waals surface area contributed by atoms with Gasteiger partial charge in [0.25, 0.3) is 10.4 Å². The number of ether oxygens (including phenoxy) is 1. The summed E-state index contributed by atoms with van der Waals surface area (Å²) in [6.07, 6.45) is 14.7. The second kappa shape index (κ2) is 9.25. The summed E-state index contributed by atoms with van der Waals surface area (Å²) in [5.74, 6) is 2.56. The first kappa shape index (κ1) is 30.5. The van der Waals surface area contributed by atoms with Crippen molar-refractivity contribution in [2.75, 3.05) is 0 Å². The minimum atomic E-state index is -4.83. The van der Waals surface area contributed by atoms with Gasteiger partial charge in [0.1, 0.15) is 5.75 Å². The molecule has 6 heteroatoms. The zero-order valence-electron chi connectivity index (χ0n) is 28.0. The minimum Gasteiger partial charge on any atom is -0.716 e. The van der Waals surface area contributed by atoms with Crippen molar-refractivity contribution in [1.82, 2.24) is 0 Å². The molecule has 1 heterocycles. The molecule has 5 aliphatic carbocycles. The van der Waals surface area contributed by atoms with Gasteiger partial charge in [-0.3, -0.25) is 0 Å². The quantitative estimate of drug-likeness (QED) is 0.247. The van der Waals surface area contributed by atoms with Gasteiger partial charge in [-0.25, -0.2) is 8.42 Å². The Kier molecular flexibility index (Phi) is 6.57. The van der Waals surface area contributed by atoms with Crippen molar-refractivity contribution >= 4 is 10.4 Å². The number of hydrogen-bond acceptors (Lipinski definition) is 5. The maximum Gasteiger partial charge on any atom is 0.262 e. The molecule has 1 aliphatic heterocycles. The number of fused-ring (bicyclic) bond motifs is 10. The molecular weight excluding hydrogens is 556 g/mol. The van der Waals surface area contributed by atoms with Crippen LogP contribution in [0.25, 0.3) is 0 Å². The molecule has 5 nitrogen and oxygen atoms in total. The molecule has 1 saturated heterocycles. The Balaban J connectivity index is 1.23. The highest BCUT2D eigenvalue weighted by Gasteiger charge is 2.69. The lowest BCUT2D eigenvalue weighted by molar-refractivity contribution is -0.240. The molecule has 0 bridgehead atoms. The van der Waals surface area contributed by atoms with Gasteiger partial charge in [0, 0.05) is 5.56 Å². The molecule has 240 valence electrons. The van der Waals surface area contributed by atoms with E-state index in [0.29, 0.717) is 35.2 Å². The van der Waals surface area contributed by atoms with Crippen molar-refractivity contribution in [1.29, 1.82) is 0 Å². The van der Waals surface area contributed by atoms with E-state index >= 15 is 0 Å². The second-order valence-corrected chi connectivity index (χ2v) is 19.0. The number of hydrogen-bond donors (Lipinski definition) is 0. The van der Waals surface area contributed by atoms with Gasteiger partial charge in [0.15, 0.2) is 0 Å². The van der Waals surface area contributed by atoms with Crippen LogP contribution in [-0.2, 0) is 27.0 Å². The van der Waals surface area contributed by atoms with Crippen molar-refractivity contribution in [3.63, 3.8) is 0 Å². The molecule has 7 rings (SSSR count). The van der Waals surface area contributed by atoms with Crippen LogP contribution in [0.1, 0.15) is 136 Å². The van der Waals surface area contributed by atoms with Crippen LogP contribution in [0.3, 0.4) is 0 Å². The fourth-order valence-electron chi connectivity index (χ4n) is 13.9. The van der Waals surface area contributed by atoms with Crippen molar-refractivity contribution in [2.45, 2.75) is 150 Å². The Morgan fingerprint density at radius 2 is 1.37 bits per heavy atom. The Morgan fingerprint density at radius 3 is 2.09 bits per heavy atom. The predicted molar refractivity (Wildman–Crippen MR) is 169 cm³/mol. The molecule has 0 aromatic heterocycles. The van der Waals surface area contributed by atoms with Crippen LogP contribution in [0, 0.1) is 52.3 Å². The summed E-state index contributed by atoms with van der Waals surface area (Å²) in [6.45, 7) is 19.8. The summed E-state index contributed by atoms with van der Waals surface area (Å²) in [6, 6.07) is 3.66. The highest BCUT2D eigenvalue weighted by Crippen LogP contribution is 2.74. The normalized spacial score (nSPS) is 48.4. The lowest BCUT2D eigenvalue weighted by Gasteiger charge is -2.69. The van der Waals surface area contributed by atoms with Gasteiger partial charge in [-0.15, -0.1) is 0 Å². The first-order valence-electron chi connectivity index (χ1n) is 17.3. The van der Waals surface area contributed by atoms with Gasteiger partial charge in [0.05, 0.1) is 11.7 Å². The van der Waals surface area contributed by atoms with Crippen LogP contribution >= 0.6 is 0 Å². The van der Waals surface area contributed by atoms with Gasteiger partial charge in [-0.05, 0) is 152 Å². The van der Waals surface area contributed by atoms with Crippen LogP contribution < -0.4 is 4.18 Å². The molecule has 6 aliphatic rings. The monoisotopic (exact) mass is 611 g/mol. The van der Waals surface area contributed by atoms with Crippen LogP contribution in [0.4, 0.5) is 0 Å². The molecule has 0 unspecified atom stereocenters. The van der Waals surface area contributed by atoms with Crippen molar-refractivity contribution in [2.24, 2.45) is 45.3 Å². The average Bonchev–Trinajstić information content (AvgIpc) is 3.15. The van der Waals surface area contributed by atoms with E-state index in [1.807, 2.05) is 6.07 Å². The van der Waals surface area contributed by atoms with Crippen LogP contribution in [0.15, 0.2) is 12.1 Å². The summed E-state index contributed by atoms with van der Waals surface area (Å²) in [7, 11) is -4.83. The van der Waals surface area contributed by atoms with E-state index in [2.05, 4.69) is 55.4 Å². The number of benzene rings is 1. The molecule has 1 aromatic rings. The Bertz CT molecular complexity index is 1430. The van der Waals surface area contributed by atoms with E-state index < -0.39 is 10.4 Å². The minimum absolute atomic E-state index is 0.00141. The molecule has 10 atom stereocenters. The highest BCUT2D eigenvalue weighted by molar-refractivity contribution is 7.81. The Labute approximate surface area is 261 Å². The van der Waals surface area contributed by atoms with E-state index in [1.54, 1.807) is 6.07 Å². The molecule has 0 N–H and O–H groups in total. The number of rotatable bonds is 2. The van der Waals surface area contributed by atoms with Gasteiger partial charge < -0.3 is 13.5 Å². The summed E-state index contributed by atoms with van der Waals surface area (Å²) in [5, 5.41) is 0. The van der Waals surface area contributed by atoms with Gasteiger partial charge in [-0.1, -0.05) is 54.0 Å². The van der Waals surface area contributed by atoms with E-state index in [-0.39, 0.29) is 33.0 Å². The van der Waals surface area contributed by atoms with Crippen molar-refractivity contribution in [3.05, 3.63) is 28.8 Å². The first-order chi connectivity index (χ1) is 19.9. The maximum absolute atomic E-state index is 11.7. The van der Waals surface area contributed by atoms with Crippen LogP contribution in [-0.4, -0.2) is 24.7 Å². The molecular formula is C37H55O5S-. The zero-order chi connectivity index (χ0) is 31.0. The lowest BCUT2D eigenvalue weighted by Crippen LogP contribution is -2.64. The summed E-state index contributed by atoms with van der Waals surface area (Å²) in [5.41, 5.74) is 4.31. The van der Waals surface area contributed by atoms with E-state index in [0.717, 1.165) is 18.4 Å². The van der Waals surface area contributed by atoms with Crippen molar-refractivity contribution in [3.8, 4) is 5.75 Å². The fourth-order valence-corrected chi connectivity index (χ4v) is 14.3. The SMILES string of the molecule is Cc1ccc(OS(=O)(=O)[O-])c2c1[C@@]1(C)CC[C@@H]3[C@@]4(C)CC[C@@H]5O[C@@]6(C)CCCC(C)(C)[C@@H]6CC[C@@]5(C)[C@@H]4CC[C@@]3(C)[C@@H]1C2. The van der Waals surface area contributed by atoms with Crippen molar-refractivity contribution < 1.29 is 21.9 Å². The summed E-state index contributed by atoms with van der Waals surface area (Å²) >= 11 is 0. The smallest absolute Gasteiger partial charge is 0.262 e. The molecule has 43 heavy (non-hydrogen) atoms. The maximum atomic E-state index is 11.7. The molecule has 0 spiro atoms. The van der Waals surface area contributed by atoms with E-state index in [9.17, 15) is 13.0 Å². The largest absolute Gasteiger partial charge is 0.716 e. The third kappa shape index (κ3) is 4.16. The average molecular weight is 612 g/mol. The van der Waals surface area contributed by atoms with Gasteiger partial charge in [0.2, 0.25) is 0 Å². The second-order valence-electron chi connectivity index (χ2n) is 18.0.